The molecule has 1 amide bonds. The number of aliphatic hydroxyl groups is 1. The van der Waals surface area contributed by atoms with Crippen molar-refractivity contribution in [2.24, 2.45) is 0 Å². The van der Waals surface area contributed by atoms with Crippen molar-refractivity contribution < 1.29 is 19.7 Å². The maximum Gasteiger partial charge on any atom is 0.255 e. The van der Waals surface area contributed by atoms with Gasteiger partial charge in [-0.3, -0.25) is 4.79 Å². The number of hydrogen-bond donors (Lipinski definition) is 3. The highest BCUT2D eigenvalue weighted by atomic mass is 16.5. The molecule has 0 aliphatic rings. The molecule has 0 heterocycles. The number of carbonyl (C=O) groups is 1. The summed E-state index contributed by atoms with van der Waals surface area (Å²) in [5, 5.41) is 21.0. The van der Waals surface area contributed by atoms with Gasteiger partial charge in [0, 0.05) is 6.54 Å². The van der Waals surface area contributed by atoms with Crippen LogP contribution in [0.5, 0.6) is 11.5 Å². The van der Waals surface area contributed by atoms with Crippen LogP contribution in [-0.2, 0) is 6.42 Å². The zero-order chi connectivity index (χ0) is 13.5. The maximum atomic E-state index is 11.8. The van der Waals surface area contributed by atoms with Gasteiger partial charge in [0.25, 0.3) is 5.91 Å². The van der Waals surface area contributed by atoms with E-state index in [1.165, 1.54) is 7.11 Å². The number of benzene rings is 1. The normalized spacial score (nSPS) is 9.89. The molecular formula is C13H17NO4. The van der Waals surface area contributed by atoms with Gasteiger partial charge in [0.15, 0.2) is 11.5 Å². The monoisotopic (exact) mass is 251 g/mol. The molecule has 1 rings (SSSR count). The summed E-state index contributed by atoms with van der Waals surface area (Å²) in [5.41, 5.74) is 0.938. The Kier molecular flexibility index (Phi) is 5.20. The number of methoxy groups -OCH3 is 1. The van der Waals surface area contributed by atoms with E-state index in [1.807, 2.05) is 0 Å². The molecule has 0 spiro atoms. The number of carbonyl (C=O) groups excluding carboxylic acids is 1. The molecule has 0 aliphatic carbocycles. The Labute approximate surface area is 106 Å². The van der Waals surface area contributed by atoms with Crippen LogP contribution in [0.25, 0.3) is 0 Å². The summed E-state index contributed by atoms with van der Waals surface area (Å²) in [6.07, 6.45) is 2.26. The lowest BCUT2D eigenvalue weighted by Crippen LogP contribution is -2.26. The molecule has 98 valence electrons. The summed E-state index contributed by atoms with van der Waals surface area (Å²) in [6, 6.07) is 3.23. The van der Waals surface area contributed by atoms with Crippen molar-refractivity contribution in [3.8, 4) is 11.5 Å². The number of hydrogen-bond acceptors (Lipinski definition) is 4. The van der Waals surface area contributed by atoms with E-state index in [4.69, 9.17) is 9.84 Å². The predicted molar refractivity (Wildman–Crippen MR) is 68.0 cm³/mol. The molecule has 1 aromatic carbocycles. The van der Waals surface area contributed by atoms with Gasteiger partial charge in [-0.25, -0.2) is 0 Å². The molecule has 0 fully saturated rings. The molecule has 5 heteroatoms. The van der Waals surface area contributed by atoms with E-state index in [2.05, 4.69) is 11.9 Å². The van der Waals surface area contributed by atoms with Crippen molar-refractivity contribution in [3.63, 3.8) is 0 Å². The fourth-order valence-electron chi connectivity index (χ4n) is 1.54. The molecule has 18 heavy (non-hydrogen) atoms. The molecule has 0 radical (unpaired) electrons. The van der Waals surface area contributed by atoms with Crippen molar-refractivity contribution in [1.29, 1.82) is 0 Å². The highest BCUT2D eigenvalue weighted by Gasteiger charge is 2.16. The Hall–Kier alpha value is -2.01. The molecular weight excluding hydrogens is 234 g/mol. The average molecular weight is 251 g/mol. The Morgan fingerprint density at radius 2 is 2.28 bits per heavy atom. The zero-order valence-electron chi connectivity index (χ0n) is 10.3. The van der Waals surface area contributed by atoms with Gasteiger partial charge in [-0.1, -0.05) is 6.08 Å². The largest absolute Gasteiger partial charge is 0.504 e. The summed E-state index contributed by atoms with van der Waals surface area (Å²) in [7, 11) is 1.42. The van der Waals surface area contributed by atoms with E-state index in [1.54, 1.807) is 18.2 Å². The van der Waals surface area contributed by atoms with Gasteiger partial charge in [0.1, 0.15) is 0 Å². The number of phenolic OH excluding ortho intramolecular Hbond substituents is 1. The lowest BCUT2D eigenvalue weighted by atomic mass is 10.1. The molecule has 0 unspecified atom stereocenters. The van der Waals surface area contributed by atoms with Gasteiger partial charge in [-0.2, -0.15) is 0 Å². The second-order valence-corrected chi connectivity index (χ2v) is 3.67. The van der Waals surface area contributed by atoms with E-state index in [9.17, 15) is 9.90 Å². The van der Waals surface area contributed by atoms with Crippen LogP contribution in [0.1, 0.15) is 15.9 Å². The minimum Gasteiger partial charge on any atom is -0.504 e. The number of ether oxygens (including phenoxy) is 1. The Balaban J connectivity index is 3.11. The van der Waals surface area contributed by atoms with Crippen molar-refractivity contribution in [2.75, 3.05) is 20.3 Å². The second-order valence-electron chi connectivity index (χ2n) is 3.67. The van der Waals surface area contributed by atoms with Crippen LogP contribution in [-0.4, -0.2) is 36.4 Å². The van der Waals surface area contributed by atoms with E-state index in [-0.39, 0.29) is 30.2 Å². The van der Waals surface area contributed by atoms with Crippen LogP contribution in [0.15, 0.2) is 24.8 Å². The lowest BCUT2D eigenvalue weighted by molar-refractivity contribution is 0.0941. The first-order valence-corrected chi connectivity index (χ1v) is 5.53. The zero-order valence-corrected chi connectivity index (χ0v) is 10.3. The molecule has 0 saturated carbocycles. The van der Waals surface area contributed by atoms with Gasteiger partial charge in [-0.05, 0) is 24.1 Å². The quantitative estimate of drug-likeness (QED) is 0.655. The van der Waals surface area contributed by atoms with Crippen LogP contribution in [0, 0.1) is 0 Å². The van der Waals surface area contributed by atoms with Crippen LogP contribution < -0.4 is 10.1 Å². The molecule has 5 nitrogen and oxygen atoms in total. The summed E-state index contributed by atoms with van der Waals surface area (Å²) >= 11 is 0. The van der Waals surface area contributed by atoms with Crippen LogP contribution in [0.2, 0.25) is 0 Å². The fourth-order valence-corrected chi connectivity index (χ4v) is 1.54. The number of rotatable bonds is 6. The highest BCUT2D eigenvalue weighted by molar-refractivity contribution is 5.97. The smallest absolute Gasteiger partial charge is 0.255 e. The minimum absolute atomic E-state index is 0.125. The van der Waals surface area contributed by atoms with Crippen LogP contribution in [0.4, 0.5) is 0 Å². The molecule has 0 atom stereocenters. The molecule has 3 N–H and O–H groups in total. The number of aliphatic hydroxyl groups excluding tert-OH is 1. The number of phenols is 1. The van der Waals surface area contributed by atoms with Gasteiger partial charge < -0.3 is 20.3 Å². The van der Waals surface area contributed by atoms with E-state index < -0.39 is 5.91 Å². The molecule has 0 bridgehead atoms. The van der Waals surface area contributed by atoms with Crippen molar-refractivity contribution in [2.45, 2.75) is 6.42 Å². The number of aromatic hydroxyl groups is 1. The summed E-state index contributed by atoms with van der Waals surface area (Å²) < 4.78 is 5.01. The second kappa shape index (κ2) is 6.66. The lowest BCUT2D eigenvalue weighted by Gasteiger charge is -2.11. The number of allylic oxidation sites excluding steroid dienone is 1. The van der Waals surface area contributed by atoms with E-state index >= 15 is 0 Å². The van der Waals surface area contributed by atoms with Crippen molar-refractivity contribution >= 4 is 5.91 Å². The molecule has 0 aromatic heterocycles. The number of amides is 1. The Morgan fingerprint density at radius 1 is 1.56 bits per heavy atom. The van der Waals surface area contributed by atoms with Gasteiger partial charge in [0.2, 0.25) is 0 Å². The van der Waals surface area contributed by atoms with E-state index in [0.717, 1.165) is 5.56 Å². The van der Waals surface area contributed by atoms with Crippen LogP contribution in [0.3, 0.4) is 0 Å². The first-order chi connectivity index (χ1) is 8.63. The van der Waals surface area contributed by atoms with Gasteiger partial charge in [0.05, 0.1) is 19.3 Å². The third-order valence-electron chi connectivity index (χ3n) is 2.38. The Bertz CT molecular complexity index is 443. The molecule has 0 aliphatic heterocycles. The minimum atomic E-state index is -0.453. The summed E-state index contributed by atoms with van der Waals surface area (Å²) in [6.45, 7) is 3.60. The SMILES string of the molecule is C=CCc1cc(OC)c(O)c(C(=O)NCCO)c1. The topological polar surface area (TPSA) is 78.8 Å². The van der Waals surface area contributed by atoms with Crippen molar-refractivity contribution in [3.05, 3.63) is 35.9 Å². The molecule has 0 saturated heterocycles. The first-order valence-electron chi connectivity index (χ1n) is 5.53. The fraction of sp³-hybridized carbons (Fsp3) is 0.308. The predicted octanol–water partition coefficient (Wildman–Crippen LogP) is 0.851. The average Bonchev–Trinajstić information content (AvgIpc) is 2.38. The summed E-state index contributed by atoms with van der Waals surface area (Å²) in [5.74, 6) is -0.421. The van der Waals surface area contributed by atoms with Gasteiger partial charge in [-0.15, -0.1) is 6.58 Å². The molecule has 1 aromatic rings. The number of nitrogens with one attached hydrogen (secondary N) is 1. The third kappa shape index (κ3) is 3.24. The van der Waals surface area contributed by atoms with Crippen molar-refractivity contribution in [1.82, 2.24) is 5.32 Å². The van der Waals surface area contributed by atoms with Crippen LogP contribution >= 0.6 is 0 Å². The first kappa shape index (κ1) is 14.1. The third-order valence-corrected chi connectivity index (χ3v) is 2.38. The summed E-state index contributed by atoms with van der Waals surface area (Å²) in [4.78, 5) is 11.8. The van der Waals surface area contributed by atoms with Gasteiger partial charge >= 0.3 is 0 Å². The highest BCUT2D eigenvalue weighted by Crippen LogP contribution is 2.31. The maximum absolute atomic E-state index is 11.8. The standard InChI is InChI=1S/C13H17NO4/c1-3-4-9-7-10(13(17)14-5-6-15)12(16)11(8-9)18-2/h3,7-8,15-16H,1,4-6H2,2H3,(H,14,17). The van der Waals surface area contributed by atoms with E-state index in [0.29, 0.717) is 6.42 Å². The Morgan fingerprint density at radius 3 is 2.83 bits per heavy atom.